The third-order valence-corrected chi connectivity index (χ3v) is 5.88. The first kappa shape index (κ1) is 23.2. The maximum Gasteiger partial charge on any atom is 0.416 e. The van der Waals surface area contributed by atoms with E-state index in [4.69, 9.17) is 5.73 Å². The Kier molecular flexibility index (Phi) is 5.93. The molecule has 0 spiro atoms. The summed E-state index contributed by atoms with van der Waals surface area (Å²) in [6.45, 7) is 0.223. The topological polar surface area (TPSA) is 72.9 Å². The van der Waals surface area contributed by atoms with Crippen molar-refractivity contribution in [3.8, 4) is 5.69 Å². The fourth-order valence-corrected chi connectivity index (χ4v) is 4.10. The molecule has 180 valence electrons. The zero-order valence-corrected chi connectivity index (χ0v) is 19.0. The van der Waals surface area contributed by atoms with E-state index in [1.165, 1.54) is 18.2 Å². The number of para-hydroxylation sites is 1. The number of hydrogen-bond donors (Lipinski definition) is 2. The van der Waals surface area contributed by atoms with Gasteiger partial charge in [0.05, 0.1) is 35.0 Å². The first-order chi connectivity index (χ1) is 17.3. The second-order valence-corrected chi connectivity index (χ2v) is 8.31. The summed E-state index contributed by atoms with van der Waals surface area (Å²) >= 11 is 0. The molecule has 36 heavy (non-hydrogen) atoms. The average molecular weight is 486 g/mol. The molecule has 5 rings (SSSR count). The molecule has 3 N–H and O–H groups in total. The fourth-order valence-electron chi connectivity index (χ4n) is 4.10. The van der Waals surface area contributed by atoms with Crippen molar-refractivity contribution in [2.45, 2.75) is 12.7 Å². The lowest BCUT2D eigenvalue weighted by atomic mass is 10.1. The lowest BCUT2D eigenvalue weighted by Crippen LogP contribution is -2.20. The van der Waals surface area contributed by atoms with Gasteiger partial charge in [-0.05, 0) is 60.2 Å². The van der Waals surface area contributed by atoms with Gasteiger partial charge in [0.2, 0.25) is 5.91 Å². The number of carbonyl (C=O) groups is 1. The van der Waals surface area contributed by atoms with Crippen molar-refractivity contribution in [2.24, 2.45) is 0 Å². The molecule has 5 nitrogen and oxygen atoms in total. The van der Waals surface area contributed by atoms with E-state index in [2.05, 4.69) is 10.3 Å². The lowest BCUT2D eigenvalue weighted by molar-refractivity contribution is -0.137. The van der Waals surface area contributed by atoms with E-state index in [0.717, 1.165) is 39.5 Å². The Hall–Kier alpha value is -4.59. The Morgan fingerprint density at radius 3 is 2.39 bits per heavy atom. The summed E-state index contributed by atoms with van der Waals surface area (Å²) in [6, 6.07) is 21.8. The summed E-state index contributed by atoms with van der Waals surface area (Å²) < 4.78 is 41.0. The molecule has 0 aliphatic rings. The number of nitrogens with one attached hydrogen (secondary N) is 1. The SMILES string of the molecule is Nc1ccc(/C=C/C(=O)NCc2cc3c4ccccc4n(-c4ccc(C(F)(F)F)cc4)c3cn2)cc1. The first-order valence-corrected chi connectivity index (χ1v) is 11.2. The Bertz CT molecular complexity index is 1580. The van der Waals surface area contributed by atoms with Crippen molar-refractivity contribution in [1.82, 2.24) is 14.9 Å². The molecular formula is C28H21F3N4O. The Morgan fingerprint density at radius 2 is 1.67 bits per heavy atom. The van der Waals surface area contributed by atoms with Gasteiger partial charge in [0.25, 0.3) is 0 Å². The second-order valence-electron chi connectivity index (χ2n) is 8.31. The number of aromatic nitrogens is 2. The van der Waals surface area contributed by atoms with Gasteiger partial charge in [-0.3, -0.25) is 9.78 Å². The fraction of sp³-hybridized carbons (Fsp3) is 0.0714. The number of anilines is 1. The molecular weight excluding hydrogens is 465 g/mol. The summed E-state index contributed by atoms with van der Waals surface area (Å²) in [6.07, 6.45) is 0.423. The summed E-state index contributed by atoms with van der Waals surface area (Å²) in [4.78, 5) is 16.8. The normalized spacial score (nSPS) is 12.0. The molecule has 0 saturated heterocycles. The van der Waals surface area contributed by atoms with Gasteiger partial charge in [-0.2, -0.15) is 13.2 Å². The number of halogens is 3. The predicted octanol–water partition coefficient (Wildman–Crippen LogP) is 6.11. The second kappa shape index (κ2) is 9.22. The van der Waals surface area contributed by atoms with E-state index < -0.39 is 11.7 Å². The number of benzene rings is 3. The third kappa shape index (κ3) is 4.65. The largest absolute Gasteiger partial charge is 0.416 e. The van der Waals surface area contributed by atoms with Crippen LogP contribution in [0, 0.1) is 0 Å². The first-order valence-electron chi connectivity index (χ1n) is 11.2. The van der Waals surface area contributed by atoms with Crippen molar-refractivity contribution in [3.05, 3.63) is 108 Å². The molecule has 8 heteroatoms. The van der Waals surface area contributed by atoms with Crippen LogP contribution in [0.25, 0.3) is 33.6 Å². The summed E-state index contributed by atoms with van der Waals surface area (Å²) in [5, 5.41) is 4.65. The number of nitrogens with two attached hydrogens (primary N) is 1. The number of carbonyl (C=O) groups excluding carboxylic acids is 1. The minimum absolute atomic E-state index is 0.223. The number of amides is 1. The van der Waals surface area contributed by atoms with Crippen LogP contribution in [0.4, 0.5) is 18.9 Å². The zero-order valence-electron chi connectivity index (χ0n) is 19.0. The van der Waals surface area contributed by atoms with E-state index in [0.29, 0.717) is 17.1 Å². The van der Waals surface area contributed by atoms with Gasteiger partial charge < -0.3 is 15.6 Å². The number of alkyl halides is 3. The van der Waals surface area contributed by atoms with Crippen LogP contribution in [0.2, 0.25) is 0 Å². The lowest BCUT2D eigenvalue weighted by Gasteiger charge is -2.10. The summed E-state index contributed by atoms with van der Waals surface area (Å²) in [5.74, 6) is -0.263. The number of fused-ring (bicyclic) bond motifs is 3. The molecule has 0 unspecified atom stereocenters. The monoisotopic (exact) mass is 486 g/mol. The van der Waals surface area contributed by atoms with E-state index >= 15 is 0 Å². The average Bonchev–Trinajstić information content (AvgIpc) is 3.20. The van der Waals surface area contributed by atoms with Crippen molar-refractivity contribution < 1.29 is 18.0 Å². The van der Waals surface area contributed by atoms with Crippen molar-refractivity contribution in [1.29, 1.82) is 0 Å². The standard InChI is InChI=1S/C28H21F3N4O/c29-28(30,31)19-8-12-22(13-9-19)35-25-4-2-1-3-23(25)24-15-21(33-17-26(24)35)16-34-27(36)14-7-18-5-10-20(32)11-6-18/h1-15,17H,16,32H2,(H,34,36)/b14-7+. The predicted molar refractivity (Wildman–Crippen MR) is 135 cm³/mol. The highest BCUT2D eigenvalue weighted by molar-refractivity contribution is 6.09. The van der Waals surface area contributed by atoms with E-state index in [1.807, 2.05) is 47.0 Å². The molecule has 3 aromatic carbocycles. The molecule has 1 amide bonds. The molecule has 2 heterocycles. The van der Waals surface area contributed by atoms with Crippen LogP contribution in [0.5, 0.6) is 0 Å². The highest BCUT2D eigenvalue weighted by Crippen LogP contribution is 2.34. The van der Waals surface area contributed by atoms with Gasteiger partial charge in [-0.15, -0.1) is 0 Å². The van der Waals surface area contributed by atoms with Crippen molar-refractivity contribution >= 4 is 39.5 Å². The van der Waals surface area contributed by atoms with Gasteiger partial charge in [0.15, 0.2) is 0 Å². The highest BCUT2D eigenvalue weighted by atomic mass is 19.4. The number of rotatable bonds is 5. The van der Waals surface area contributed by atoms with Gasteiger partial charge in [-0.25, -0.2) is 0 Å². The van der Waals surface area contributed by atoms with Gasteiger partial charge in [0, 0.05) is 28.2 Å². The van der Waals surface area contributed by atoms with Crippen LogP contribution < -0.4 is 11.1 Å². The molecule has 0 aliphatic carbocycles. The number of hydrogen-bond acceptors (Lipinski definition) is 3. The molecule has 0 atom stereocenters. The third-order valence-electron chi connectivity index (χ3n) is 5.88. The molecule has 0 aliphatic heterocycles. The molecule has 0 radical (unpaired) electrons. The summed E-state index contributed by atoms with van der Waals surface area (Å²) in [5.41, 5.74) is 9.35. The number of nitrogen functional groups attached to an aromatic ring is 1. The van der Waals surface area contributed by atoms with Gasteiger partial charge in [-0.1, -0.05) is 30.3 Å². The quantitative estimate of drug-likeness (QED) is 0.233. The maximum absolute atomic E-state index is 13.0. The van der Waals surface area contributed by atoms with Crippen LogP contribution in [0.3, 0.4) is 0 Å². The van der Waals surface area contributed by atoms with Crippen LogP contribution >= 0.6 is 0 Å². The smallest absolute Gasteiger partial charge is 0.399 e. The summed E-state index contributed by atoms with van der Waals surface area (Å²) in [7, 11) is 0. The van der Waals surface area contributed by atoms with Crippen molar-refractivity contribution in [2.75, 3.05) is 5.73 Å². The van der Waals surface area contributed by atoms with E-state index in [1.54, 1.807) is 24.4 Å². The molecule has 0 bridgehead atoms. The molecule has 0 saturated carbocycles. The van der Waals surface area contributed by atoms with Gasteiger partial charge in [0.1, 0.15) is 0 Å². The van der Waals surface area contributed by atoms with Gasteiger partial charge >= 0.3 is 6.18 Å². The molecule has 5 aromatic rings. The molecule has 2 aromatic heterocycles. The van der Waals surface area contributed by atoms with Crippen molar-refractivity contribution in [3.63, 3.8) is 0 Å². The van der Waals surface area contributed by atoms with Crippen LogP contribution in [0.15, 0.2) is 91.1 Å². The van der Waals surface area contributed by atoms with E-state index in [9.17, 15) is 18.0 Å². The minimum Gasteiger partial charge on any atom is -0.399 e. The Balaban J connectivity index is 1.42. The number of pyridine rings is 1. The van der Waals surface area contributed by atoms with Crippen LogP contribution in [-0.4, -0.2) is 15.5 Å². The molecule has 0 fully saturated rings. The zero-order chi connectivity index (χ0) is 25.3. The van der Waals surface area contributed by atoms with Crippen LogP contribution in [-0.2, 0) is 17.5 Å². The highest BCUT2D eigenvalue weighted by Gasteiger charge is 2.30. The van der Waals surface area contributed by atoms with Crippen LogP contribution in [0.1, 0.15) is 16.8 Å². The Labute approximate surface area is 204 Å². The number of nitrogens with zero attached hydrogens (tertiary/aromatic N) is 2. The van der Waals surface area contributed by atoms with E-state index in [-0.39, 0.29) is 12.5 Å². The minimum atomic E-state index is -4.40. The Morgan fingerprint density at radius 1 is 0.944 bits per heavy atom. The maximum atomic E-state index is 13.0.